The Hall–Kier alpha value is -1.88. The third-order valence-electron chi connectivity index (χ3n) is 3.36. The molecule has 0 aliphatic heterocycles. The molecule has 4 N–H and O–H groups in total. The molecule has 1 saturated carbocycles. The predicted molar refractivity (Wildman–Crippen MR) is 79.3 cm³/mol. The highest BCUT2D eigenvalue weighted by atomic mass is 16.2. The quantitative estimate of drug-likeness (QED) is 0.743. The van der Waals surface area contributed by atoms with Crippen LogP contribution in [0.3, 0.4) is 0 Å². The van der Waals surface area contributed by atoms with Crippen LogP contribution in [0.5, 0.6) is 0 Å². The van der Waals surface area contributed by atoms with Crippen LogP contribution in [0, 0.1) is 5.92 Å². The first-order valence-electron chi connectivity index (χ1n) is 7.05. The molecule has 1 unspecified atom stereocenters. The van der Waals surface area contributed by atoms with Crippen LogP contribution in [0.1, 0.15) is 32.6 Å². The number of rotatable bonds is 6. The second kappa shape index (κ2) is 6.52. The lowest BCUT2D eigenvalue weighted by Crippen LogP contribution is -2.26. The zero-order valence-corrected chi connectivity index (χ0v) is 11.7. The minimum atomic E-state index is -0.105. The maximum Gasteiger partial charge on any atom is 0.227 e. The van der Waals surface area contributed by atoms with Crippen LogP contribution in [-0.4, -0.2) is 17.9 Å². The number of amides is 2. The average Bonchev–Trinajstić information content (AvgIpc) is 3.25. The standard InChI is InChI=1S/C15H21N3O2/c1-2-11(16)9-14(19)17-12-5-7-13(8-6-12)18-15(20)10-3-4-10/h5-8,10-11H,2-4,9,16H2,1H3,(H,17,19)(H,18,20). The van der Waals surface area contributed by atoms with Gasteiger partial charge in [-0.2, -0.15) is 0 Å². The Bertz CT molecular complexity index is 480. The molecule has 1 aromatic carbocycles. The van der Waals surface area contributed by atoms with Crippen LogP contribution in [0.15, 0.2) is 24.3 Å². The van der Waals surface area contributed by atoms with Crippen LogP contribution < -0.4 is 16.4 Å². The highest BCUT2D eigenvalue weighted by molar-refractivity contribution is 5.95. The number of hydrogen-bond acceptors (Lipinski definition) is 3. The molecule has 5 heteroatoms. The fourth-order valence-electron chi connectivity index (χ4n) is 1.82. The van der Waals surface area contributed by atoms with Gasteiger partial charge in [-0.1, -0.05) is 6.92 Å². The third-order valence-corrected chi connectivity index (χ3v) is 3.36. The Balaban J connectivity index is 1.84. The maximum absolute atomic E-state index is 11.7. The lowest BCUT2D eigenvalue weighted by molar-refractivity contribution is -0.117. The predicted octanol–water partition coefficient (Wildman–Crippen LogP) is 2.10. The number of carbonyl (C=O) groups is 2. The van der Waals surface area contributed by atoms with E-state index < -0.39 is 0 Å². The van der Waals surface area contributed by atoms with Gasteiger partial charge in [-0.3, -0.25) is 9.59 Å². The molecule has 2 amide bonds. The summed E-state index contributed by atoms with van der Waals surface area (Å²) in [5.74, 6) is 0.176. The topological polar surface area (TPSA) is 84.2 Å². The van der Waals surface area contributed by atoms with Crippen molar-refractivity contribution in [2.45, 2.75) is 38.6 Å². The molecule has 0 heterocycles. The molecule has 0 spiro atoms. The van der Waals surface area contributed by atoms with Gasteiger partial charge in [-0.05, 0) is 43.5 Å². The van der Waals surface area contributed by atoms with Crippen molar-refractivity contribution in [3.05, 3.63) is 24.3 Å². The van der Waals surface area contributed by atoms with Crippen molar-refractivity contribution < 1.29 is 9.59 Å². The summed E-state index contributed by atoms with van der Waals surface area (Å²) >= 11 is 0. The van der Waals surface area contributed by atoms with E-state index in [1.807, 2.05) is 6.92 Å². The molecule has 1 aliphatic rings. The van der Waals surface area contributed by atoms with Crippen LogP contribution >= 0.6 is 0 Å². The first-order valence-corrected chi connectivity index (χ1v) is 7.05. The maximum atomic E-state index is 11.7. The van der Waals surface area contributed by atoms with Crippen LogP contribution in [-0.2, 0) is 9.59 Å². The van der Waals surface area contributed by atoms with Gasteiger partial charge >= 0.3 is 0 Å². The summed E-state index contributed by atoms with van der Waals surface area (Å²) in [6, 6.07) is 7.02. The molecule has 1 fully saturated rings. The lowest BCUT2D eigenvalue weighted by atomic mass is 10.1. The molecule has 2 rings (SSSR count). The number of hydrogen-bond donors (Lipinski definition) is 3. The normalized spacial score (nSPS) is 15.5. The van der Waals surface area contributed by atoms with Crippen molar-refractivity contribution in [2.75, 3.05) is 10.6 Å². The van der Waals surface area contributed by atoms with Gasteiger partial charge in [0.15, 0.2) is 0 Å². The Kier molecular flexibility index (Phi) is 4.74. The summed E-state index contributed by atoms with van der Waals surface area (Å²) < 4.78 is 0. The minimum absolute atomic E-state index is 0.0794. The fourth-order valence-corrected chi connectivity index (χ4v) is 1.82. The van der Waals surface area contributed by atoms with Crippen molar-refractivity contribution in [3.8, 4) is 0 Å². The van der Waals surface area contributed by atoms with Crippen molar-refractivity contribution in [2.24, 2.45) is 11.7 Å². The van der Waals surface area contributed by atoms with Crippen LogP contribution in [0.4, 0.5) is 11.4 Å². The van der Waals surface area contributed by atoms with Crippen molar-refractivity contribution in [3.63, 3.8) is 0 Å². The summed E-state index contributed by atoms with van der Waals surface area (Å²) in [5, 5.41) is 5.65. The molecule has 0 saturated heterocycles. The largest absolute Gasteiger partial charge is 0.327 e. The molecule has 0 radical (unpaired) electrons. The second-order valence-corrected chi connectivity index (χ2v) is 5.26. The van der Waals surface area contributed by atoms with Gasteiger partial charge in [-0.15, -0.1) is 0 Å². The monoisotopic (exact) mass is 275 g/mol. The van der Waals surface area contributed by atoms with E-state index in [1.165, 1.54) is 0 Å². The SMILES string of the molecule is CCC(N)CC(=O)Nc1ccc(NC(=O)C2CC2)cc1. The van der Waals surface area contributed by atoms with E-state index in [-0.39, 0.29) is 23.8 Å². The summed E-state index contributed by atoms with van der Waals surface area (Å²) in [4.78, 5) is 23.3. The van der Waals surface area contributed by atoms with Gasteiger partial charge in [0, 0.05) is 29.8 Å². The molecule has 1 aliphatic carbocycles. The summed E-state index contributed by atoms with van der Waals surface area (Å²) in [6.45, 7) is 1.95. The molecule has 0 aromatic heterocycles. The molecule has 1 aromatic rings. The molecule has 0 bridgehead atoms. The number of benzene rings is 1. The van der Waals surface area contributed by atoms with Gasteiger partial charge in [0.25, 0.3) is 0 Å². The van der Waals surface area contributed by atoms with Crippen molar-refractivity contribution in [1.29, 1.82) is 0 Å². The lowest BCUT2D eigenvalue weighted by Gasteiger charge is -2.10. The van der Waals surface area contributed by atoms with Crippen molar-refractivity contribution in [1.82, 2.24) is 0 Å². The Labute approximate surface area is 118 Å². The molecule has 1 atom stereocenters. The Morgan fingerprint density at radius 1 is 1.20 bits per heavy atom. The highest BCUT2D eigenvalue weighted by Gasteiger charge is 2.29. The first kappa shape index (κ1) is 14.5. The first-order chi connectivity index (χ1) is 9.58. The Morgan fingerprint density at radius 2 is 1.75 bits per heavy atom. The number of nitrogens with two attached hydrogens (primary N) is 1. The molecular formula is C15H21N3O2. The van der Waals surface area contributed by atoms with Crippen molar-refractivity contribution >= 4 is 23.2 Å². The van der Waals surface area contributed by atoms with E-state index >= 15 is 0 Å². The molecule has 20 heavy (non-hydrogen) atoms. The van der Waals surface area contributed by atoms with Crippen LogP contribution in [0.2, 0.25) is 0 Å². The molecular weight excluding hydrogens is 254 g/mol. The number of anilines is 2. The van der Waals surface area contributed by atoms with E-state index in [9.17, 15) is 9.59 Å². The van der Waals surface area contributed by atoms with E-state index in [0.717, 1.165) is 24.9 Å². The van der Waals surface area contributed by atoms with E-state index in [1.54, 1.807) is 24.3 Å². The third kappa shape index (κ3) is 4.35. The zero-order chi connectivity index (χ0) is 14.5. The summed E-state index contributed by atoms with van der Waals surface area (Å²) in [5.41, 5.74) is 7.20. The smallest absolute Gasteiger partial charge is 0.227 e. The molecule has 108 valence electrons. The van der Waals surface area contributed by atoms with E-state index in [2.05, 4.69) is 10.6 Å². The minimum Gasteiger partial charge on any atom is -0.327 e. The number of nitrogens with one attached hydrogen (secondary N) is 2. The number of carbonyl (C=O) groups excluding carboxylic acids is 2. The van der Waals surface area contributed by atoms with Crippen LogP contribution in [0.25, 0.3) is 0 Å². The summed E-state index contributed by atoms with van der Waals surface area (Å²) in [6.07, 6.45) is 3.06. The average molecular weight is 275 g/mol. The van der Waals surface area contributed by atoms with Gasteiger partial charge in [0.2, 0.25) is 11.8 Å². The van der Waals surface area contributed by atoms with Gasteiger partial charge in [0.05, 0.1) is 0 Å². The van der Waals surface area contributed by atoms with E-state index in [0.29, 0.717) is 12.1 Å². The fraction of sp³-hybridized carbons (Fsp3) is 0.467. The molecule has 5 nitrogen and oxygen atoms in total. The van der Waals surface area contributed by atoms with Gasteiger partial charge in [0.1, 0.15) is 0 Å². The Morgan fingerprint density at radius 3 is 2.25 bits per heavy atom. The second-order valence-electron chi connectivity index (χ2n) is 5.26. The van der Waals surface area contributed by atoms with Gasteiger partial charge in [-0.25, -0.2) is 0 Å². The van der Waals surface area contributed by atoms with E-state index in [4.69, 9.17) is 5.73 Å². The highest BCUT2D eigenvalue weighted by Crippen LogP contribution is 2.30. The summed E-state index contributed by atoms with van der Waals surface area (Å²) in [7, 11) is 0. The van der Waals surface area contributed by atoms with Gasteiger partial charge < -0.3 is 16.4 Å². The zero-order valence-electron chi connectivity index (χ0n) is 11.7.